The third-order valence-corrected chi connectivity index (χ3v) is 10.1. The molecular weight excluding hydrogens is 772 g/mol. The first kappa shape index (κ1) is 34.8. The number of phenols is 1. The van der Waals surface area contributed by atoms with Gasteiger partial charge in [0.05, 0.1) is 22.8 Å². The number of hydrogen-bond acceptors (Lipinski definition) is 3. The summed E-state index contributed by atoms with van der Waals surface area (Å²) in [6.07, 6.45) is 8.19. The second kappa shape index (κ2) is 14.3. The van der Waals surface area contributed by atoms with Crippen molar-refractivity contribution < 1.29 is 24.6 Å². The zero-order valence-corrected chi connectivity index (χ0v) is 33.3. The van der Waals surface area contributed by atoms with Crippen LogP contribution in [0.2, 0.25) is 15.1 Å². The molecular formula is C44H27Cl3N4OZn. The predicted octanol–water partition coefficient (Wildman–Crippen LogP) is 13.0. The normalized spacial score (nSPS) is 11.8. The molecule has 5 heterocycles. The minimum atomic E-state index is 0. The standard InChI is InChI=1S/C44H27Cl3N4O.Zn/c45-29-9-1-25(2-10-29)41-33-17-19-35(48-33)42(26-3-11-30(46)12-4-26)37-21-23-39(50-37)44(28-7-15-32(52)16-8-28)40-24-22-38(51-40)43(36-20-18-34(41)49-36)27-5-13-31(47)14-6-27;/h1-24,48,51-52H;. The molecule has 0 unspecified atom stereocenters. The smallest absolute Gasteiger partial charge is 0.115 e. The van der Waals surface area contributed by atoms with Crippen LogP contribution in [0.25, 0.3) is 90.9 Å². The van der Waals surface area contributed by atoms with Gasteiger partial charge in [-0.2, -0.15) is 0 Å². The topological polar surface area (TPSA) is 77.6 Å². The molecule has 252 valence electrons. The van der Waals surface area contributed by atoms with Gasteiger partial charge < -0.3 is 15.1 Å². The molecule has 3 N–H and O–H groups in total. The average Bonchev–Trinajstić information content (AvgIpc) is 3.99. The maximum Gasteiger partial charge on any atom is 0.115 e. The first-order valence-corrected chi connectivity index (χ1v) is 17.7. The Morgan fingerprint density at radius 1 is 0.358 bits per heavy atom. The fraction of sp³-hybridized carbons (Fsp3) is 0. The van der Waals surface area contributed by atoms with Crippen molar-refractivity contribution in [1.29, 1.82) is 0 Å². The number of aromatic nitrogens is 4. The molecule has 9 rings (SSSR count). The molecule has 7 aromatic rings. The number of hydrogen-bond donors (Lipinski definition) is 3. The van der Waals surface area contributed by atoms with Crippen LogP contribution in [-0.4, -0.2) is 25.0 Å². The minimum Gasteiger partial charge on any atom is -0.508 e. The van der Waals surface area contributed by atoms with E-state index in [1.165, 1.54) is 0 Å². The number of aromatic hydroxyl groups is 1. The third kappa shape index (κ3) is 6.65. The second-order valence-corrected chi connectivity index (χ2v) is 13.9. The summed E-state index contributed by atoms with van der Waals surface area (Å²) in [5.41, 5.74) is 14.1. The predicted molar refractivity (Wildman–Crippen MR) is 217 cm³/mol. The molecule has 0 spiro atoms. The van der Waals surface area contributed by atoms with Crippen molar-refractivity contribution in [3.05, 3.63) is 159 Å². The van der Waals surface area contributed by atoms with Gasteiger partial charge in [0.15, 0.2) is 0 Å². The van der Waals surface area contributed by atoms with Crippen molar-refractivity contribution in [1.82, 2.24) is 19.9 Å². The maximum absolute atomic E-state index is 10.2. The molecule has 0 radical (unpaired) electrons. The summed E-state index contributed by atoms with van der Waals surface area (Å²) in [7, 11) is 0. The van der Waals surface area contributed by atoms with Crippen molar-refractivity contribution >= 4 is 81.2 Å². The zero-order valence-electron chi connectivity index (χ0n) is 28.0. The van der Waals surface area contributed by atoms with E-state index in [1.54, 1.807) is 12.1 Å². The van der Waals surface area contributed by atoms with E-state index in [4.69, 9.17) is 44.8 Å². The molecule has 9 heteroatoms. The van der Waals surface area contributed by atoms with E-state index in [9.17, 15) is 5.11 Å². The fourth-order valence-corrected chi connectivity index (χ4v) is 7.28. The van der Waals surface area contributed by atoms with E-state index >= 15 is 0 Å². The number of phenolic OH excluding ortho intramolecular Hbond substituents is 1. The van der Waals surface area contributed by atoms with E-state index in [2.05, 4.69) is 46.4 Å². The molecule has 5 nitrogen and oxygen atoms in total. The molecule has 0 aliphatic carbocycles. The minimum absolute atomic E-state index is 0. The number of fused-ring (bicyclic) bond motifs is 8. The molecule has 4 aromatic carbocycles. The summed E-state index contributed by atoms with van der Waals surface area (Å²) in [6.45, 7) is 0. The van der Waals surface area contributed by atoms with Gasteiger partial charge in [-0.05, 0) is 119 Å². The van der Waals surface area contributed by atoms with Crippen LogP contribution < -0.4 is 0 Å². The van der Waals surface area contributed by atoms with Crippen LogP contribution in [0.3, 0.4) is 0 Å². The van der Waals surface area contributed by atoms with E-state index in [1.807, 2.05) is 97.1 Å². The number of benzene rings is 4. The van der Waals surface area contributed by atoms with Crippen molar-refractivity contribution in [2.75, 3.05) is 0 Å². The Bertz CT molecular complexity index is 2380. The first-order valence-electron chi connectivity index (χ1n) is 16.6. The Morgan fingerprint density at radius 3 is 0.868 bits per heavy atom. The van der Waals surface area contributed by atoms with Crippen LogP contribution in [0, 0.1) is 0 Å². The Hall–Kier alpha value is -5.23. The summed E-state index contributed by atoms with van der Waals surface area (Å²) in [5, 5.41) is 12.1. The van der Waals surface area contributed by atoms with Crippen LogP contribution in [-0.2, 0) is 19.5 Å². The quantitative estimate of drug-likeness (QED) is 0.155. The van der Waals surface area contributed by atoms with Gasteiger partial charge in [-0.3, -0.25) is 0 Å². The SMILES string of the molecule is Oc1ccc(-c2c3nc(c(-c4ccc(Cl)cc4)c4ccc([nH]4)c(-c4ccc(Cl)cc4)c4nc(c(-c5ccc(Cl)cc5)c5ccc2[nH]5)C=C4)C=C3)cc1.[Zn]. The average molecular weight is 799 g/mol. The number of nitrogens with one attached hydrogen (secondary N) is 2. The summed E-state index contributed by atoms with van der Waals surface area (Å²) in [6, 6.07) is 38.9. The maximum atomic E-state index is 10.2. The molecule has 0 fully saturated rings. The molecule has 0 saturated carbocycles. The van der Waals surface area contributed by atoms with E-state index in [0.29, 0.717) is 15.1 Å². The number of halogens is 3. The Labute approximate surface area is 333 Å². The largest absolute Gasteiger partial charge is 0.508 e. The molecule has 53 heavy (non-hydrogen) atoms. The monoisotopic (exact) mass is 796 g/mol. The van der Waals surface area contributed by atoms with E-state index < -0.39 is 0 Å². The summed E-state index contributed by atoms with van der Waals surface area (Å²) in [5.74, 6) is 0.188. The van der Waals surface area contributed by atoms with Gasteiger partial charge >= 0.3 is 0 Å². The van der Waals surface area contributed by atoms with Gasteiger partial charge in [-0.1, -0.05) is 83.3 Å². The van der Waals surface area contributed by atoms with Crippen LogP contribution in [0.4, 0.5) is 0 Å². The van der Waals surface area contributed by atoms with Gasteiger partial charge in [0.25, 0.3) is 0 Å². The molecule has 8 bridgehead atoms. The molecule has 0 amide bonds. The molecule has 2 aliphatic heterocycles. The Balaban J connectivity index is 0.00000400. The molecule has 3 aromatic heterocycles. The zero-order chi connectivity index (χ0) is 35.3. The van der Waals surface area contributed by atoms with Gasteiger partial charge in [0, 0.05) is 78.9 Å². The Morgan fingerprint density at radius 2 is 0.604 bits per heavy atom. The number of nitrogens with zero attached hydrogens (tertiary/aromatic N) is 2. The van der Waals surface area contributed by atoms with Crippen molar-refractivity contribution in [2.45, 2.75) is 0 Å². The second-order valence-electron chi connectivity index (χ2n) is 12.6. The summed E-state index contributed by atoms with van der Waals surface area (Å²) >= 11 is 19.1. The number of H-pyrrole nitrogens is 2. The summed E-state index contributed by atoms with van der Waals surface area (Å²) in [4.78, 5) is 18.0. The van der Waals surface area contributed by atoms with Crippen molar-refractivity contribution in [3.8, 4) is 50.3 Å². The fourth-order valence-electron chi connectivity index (χ4n) is 6.90. The van der Waals surface area contributed by atoms with Gasteiger partial charge in [0.2, 0.25) is 0 Å². The molecule has 0 saturated heterocycles. The van der Waals surface area contributed by atoms with Gasteiger partial charge in [-0.25, -0.2) is 9.97 Å². The molecule has 2 aliphatic rings. The third-order valence-electron chi connectivity index (χ3n) is 9.31. The van der Waals surface area contributed by atoms with E-state index in [0.717, 1.165) is 89.4 Å². The Kier molecular flexibility index (Phi) is 9.40. The van der Waals surface area contributed by atoms with Crippen molar-refractivity contribution in [3.63, 3.8) is 0 Å². The van der Waals surface area contributed by atoms with Crippen LogP contribution in [0.1, 0.15) is 22.8 Å². The van der Waals surface area contributed by atoms with Crippen molar-refractivity contribution in [2.24, 2.45) is 0 Å². The first-order chi connectivity index (χ1) is 25.4. The number of aromatic amines is 2. The number of rotatable bonds is 4. The van der Waals surface area contributed by atoms with Crippen LogP contribution in [0.15, 0.2) is 121 Å². The van der Waals surface area contributed by atoms with Crippen LogP contribution in [0.5, 0.6) is 5.75 Å². The van der Waals surface area contributed by atoms with E-state index in [-0.39, 0.29) is 25.2 Å². The van der Waals surface area contributed by atoms with Crippen LogP contribution >= 0.6 is 34.8 Å². The summed E-state index contributed by atoms with van der Waals surface area (Å²) < 4.78 is 0. The van der Waals surface area contributed by atoms with Gasteiger partial charge in [0.1, 0.15) is 5.75 Å². The van der Waals surface area contributed by atoms with Gasteiger partial charge in [-0.15, -0.1) is 0 Å². The molecule has 0 atom stereocenters.